The van der Waals surface area contributed by atoms with Crippen molar-refractivity contribution in [3.05, 3.63) is 61.5 Å². The quantitative estimate of drug-likeness (QED) is 0.548. The van der Waals surface area contributed by atoms with Crippen LogP contribution in [0.25, 0.3) is 0 Å². The van der Waals surface area contributed by atoms with E-state index in [2.05, 4.69) is 50.8 Å². The molecule has 0 amide bonds. The first kappa shape index (κ1) is 19.3. The molecule has 2 unspecified atom stereocenters. The van der Waals surface area contributed by atoms with E-state index in [1.807, 2.05) is 6.08 Å². The molecule has 0 aliphatic heterocycles. The van der Waals surface area contributed by atoms with Crippen LogP contribution in [0.3, 0.4) is 0 Å². The zero-order valence-corrected chi connectivity index (χ0v) is 15.0. The second kappa shape index (κ2) is 10.1. The third-order valence-electron chi connectivity index (χ3n) is 4.91. The smallest absolute Gasteiger partial charge is 0.0342 e. The molecule has 0 heterocycles. The van der Waals surface area contributed by atoms with Gasteiger partial charge in [0.15, 0.2) is 0 Å². The van der Waals surface area contributed by atoms with Crippen molar-refractivity contribution < 1.29 is 0 Å². The van der Waals surface area contributed by atoms with Gasteiger partial charge in [0.05, 0.1) is 0 Å². The summed E-state index contributed by atoms with van der Waals surface area (Å²) < 4.78 is 0. The lowest BCUT2D eigenvalue weighted by Crippen LogP contribution is -2.36. The molecule has 23 heavy (non-hydrogen) atoms. The average Bonchev–Trinajstić information content (AvgIpc) is 2.57. The van der Waals surface area contributed by atoms with Crippen molar-refractivity contribution in [2.24, 2.45) is 11.8 Å². The van der Waals surface area contributed by atoms with Gasteiger partial charge in [-0.15, -0.1) is 0 Å². The Bertz CT molecular complexity index is 452. The summed E-state index contributed by atoms with van der Waals surface area (Å²) in [6.45, 7) is 21.3. The summed E-state index contributed by atoms with van der Waals surface area (Å²) in [6, 6.07) is 0.252. The molecule has 1 rings (SSSR count). The summed E-state index contributed by atoms with van der Waals surface area (Å²) in [5.41, 5.74) is 2.95. The van der Waals surface area contributed by atoms with Gasteiger partial charge in [0.1, 0.15) is 0 Å². The van der Waals surface area contributed by atoms with E-state index in [0.717, 1.165) is 29.4 Å². The van der Waals surface area contributed by atoms with E-state index in [1.165, 1.54) is 32.1 Å². The van der Waals surface area contributed by atoms with Gasteiger partial charge in [0.25, 0.3) is 0 Å². The molecule has 0 spiro atoms. The SMILES string of the molecule is C=C/C=C(\C=C)C(=C)NC(C)C(C)C(=C)NCC1CCCCC1. The van der Waals surface area contributed by atoms with Crippen molar-refractivity contribution in [2.45, 2.75) is 52.0 Å². The Hall–Kier alpha value is -1.70. The number of allylic oxidation sites excluding steroid dienone is 3. The average molecular weight is 315 g/mol. The molecule has 0 aromatic carbocycles. The molecule has 1 aliphatic rings. The van der Waals surface area contributed by atoms with Crippen LogP contribution in [0.4, 0.5) is 0 Å². The van der Waals surface area contributed by atoms with Crippen LogP contribution in [-0.4, -0.2) is 12.6 Å². The summed E-state index contributed by atoms with van der Waals surface area (Å²) in [7, 11) is 0. The van der Waals surface area contributed by atoms with Crippen molar-refractivity contribution >= 4 is 0 Å². The Labute approximate surface area is 143 Å². The molecular formula is C21H34N2. The highest BCUT2D eigenvalue weighted by atomic mass is 15.0. The number of hydrogen-bond acceptors (Lipinski definition) is 2. The Kier molecular flexibility index (Phi) is 8.53. The maximum absolute atomic E-state index is 4.24. The summed E-state index contributed by atoms with van der Waals surface area (Å²) in [4.78, 5) is 0. The molecule has 0 saturated heterocycles. The van der Waals surface area contributed by atoms with E-state index in [4.69, 9.17) is 0 Å². The van der Waals surface area contributed by atoms with E-state index in [-0.39, 0.29) is 6.04 Å². The van der Waals surface area contributed by atoms with Crippen molar-refractivity contribution in [3.63, 3.8) is 0 Å². The third kappa shape index (κ3) is 6.52. The van der Waals surface area contributed by atoms with Crippen LogP contribution in [0.1, 0.15) is 46.0 Å². The predicted octanol–water partition coefficient (Wildman–Crippen LogP) is 5.10. The van der Waals surface area contributed by atoms with E-state index >= 15 is 0 Å². The van der Waals surface area contributed by atoms with Gasteiger partial charge in [-0.25, -0.2) is 0 Å². The van der Waals surface area contributed by atoms with Gasteiger partial charge in [-0.2, -0.15) is 0 Å². The van der Waals surface area contributed by atoms with Crippen LogP contribution in [0, 0.1) is 11.8 Å². The standard InChI is InChI=1S/C21H34N2/c1-7-12-21(8-2)19(6)23-18(5)16(3)17(4)22-15-20-13-10-9-11-14-20/h7-8,12,16,18,20,22-23H,1-2,4,6,9-11,13-15H2,3,5H3/b21-12+. The van der Waals surface area contributed by atoms with Gasteiger partial charge in [-0.05, 0) is 31.3 Å². The zero-order valence-electron chi connectivity index (χ0n) is 15.0. The minimum absolute atomic E-state index is 0.252. The fourth-order valence-electron chi connectivity index (χ4n) is 3.03. The fourth-order valence-corrected chi connectivity index (χ4v) is 3.03. The Morgan fingerprint density at radius 2 is 1.78 bits per heavy atom. The molecule has 2 N–H and O–H groups in total. The molecule has 0 radical (unpaired) electrons. The molecule has 1 aliphatic carbocycles. The maximum Gasteiger partial charge on any atom is 0.0342 e. The minimum Gasteiger partial charge on any atom is -0.388 e. The fraction of sp³-hybridized carbons (Fsp3) is 0.524. The summed E-state index contributed by atoms with van der Waals surface area (Å²) in [5.74, 6) is 1.14. The van der Waals surface area contributed by atoms with E-state index in [0.29, 0.717) is 5.92 Å². The molecule has 2 atom stereocenters. The van der Waals surface area contributed by atoms with Crippen LogP contribution in [0.5, 0.6) is 0 Å². The van der Waals surface area contributed by atoms with E-state index in [1.54, 1.807) is 12.2 Å². The van der Waals surface area contributed by atoms with Gasteiger partial charge >= 0.3 is 0 Å². The molecule has 1 saturated carbocycles. The first-order valence-electron chi connectivity index (χ1n) is 8.83. The van der Waals surface area contributed by atoms with Gasteiger partial charge < -0.3 is 10.6 Å². The molecule has 1 fully saturated rings. The lowest BCUT2D eigenvalue weighted by molar-refractivity contribution is 0.342. The van der Waals surface area contributed by atoms with Crippen molar-refractivity contribution in [3.8, 4) is 0 Å². The molecule has 2 heteroatoms. The highest BCUT2D eigenvalue weighted by molar-refractivity contribution is 5.38. The maximum atomic E-state index is 4.24. The van der Waals surface area contributed by atoms with Crippen LogP contribution >= 0.6 is 0 Å². The summed E-state index contributed by atoms with van der Waals surface area (Å²) in [5, 5.41) is 7.01. The van der Waals surface area contributed by atoms with Gasteiger partial charge in [-0.3, -0.25) is 0 Å². The highest BCUT2D eigenvalue weighted by Gasteiger charge is 2.18. The van der Waals surface area contributed by atoms with Crippen LogP contribution in [-0.2, 0) is 0 Å². The Balaban J connectivity index is 2.44. The molecule has 128 valence electrons. The lowest BCUT2D eigenvalue weighted by atomic mass is 9.89. The topological polar surface area (TPSA) is 24.1 Å². The minimum atomic E-state index is 0.252. The molecule has 0 aromatic heterocycles. The number of rotatable bonds is 10. The molecule has 0 aromatic rings. The van der Waals surface area contributed by atoms with Crippen molar-refractivity contribution in [1.29, 1.82) is 0 Å². The van der Waals surface area contributed by atoms with Crippen LogP contribution in [0.2, 0.25) is 0 Å². The normalized spacial score (nSPS) is 18.6. The molecular weight excluding hydrogens is 280 g/mol. The largest absolute Gasteiger partial charge is 0.388 e. The monoisotopic (exact) mass is 314 g/mol. The number of hydrogen-bond donors (Lipinski definition) is 2. The first-order valence-corrected chi connectivity index (χ1v) is 8.83. The van der Waals surface area contributed by atoms with Crippen molar-refractivity contribution in [1.82, 2.24) is 10.6 Å². The summed E-state index contributed by atoms with van der Waals surface area (Å²) >= 11 is 0. The highest BCUT2D eigenvalue weighted by Crippen LogP contribution is 2.23. The Morgan fingerprint density at radius 3 is 2.35 bits per heavy atom. The van der Waals surface area contributed by atoms with E-state index in [9.17, 15) is 0 Å². The summed E-state index contributed by atoms with van der Waals surface area (Å²) in [6.07, 6.45) is 12.3. The van der Waals surface area contributed by atoms with E-state index < -0.39 is 0 Å². The van der Waals surface area contributed by atoms with Crippen molar-refractivity contribution in [2.75, 3.05) is 6.54 Å². The lowest BCUT2D eigenvalue weighted by Gasteiger charge is -2.28. The second-order valence-corrected chi connectivity index (χ2v) is 6.67. The third-order valence-corrected chi connectivity index (χ3v) is 4.91. The number of nitrogens with one attached hydrogen (secondary N) is 2. The van der Waals surface area contributed by atoms with Gasteiger partial charge in [0, 0.05) is 29.9 Å². The molecule has 2 nitrogen and oxygen atoms in total. The first-order chi connectivity index (χ1) is 11.0. The molecule has 0 bridgehead atoms. The Morgan fingerprint density at radius 1 is 1.13 bits per heavy atom. The van der Waals surface area contributed by atoms with Crippen LogP contribution in [0.15, 0.2) is 61.5 Å². The second-order valence-electron chi connectivity index (χ2n) is 6.67. The van der Waals surface area contributed by atoms with Gasteiger partial charge in [0.2, 0.25) is 0 Å². The predicted molar refractivity (Wildman–Crippen MR) is 103 cm³/mol. The van der Waals surface area contributed by atoms with Crippen LogP contribution < -0.4 is 10.6 Å². The zero-order chi connectivity index (χ0) is 17.2. The van der Waals surface area contributed by atoms with Gasteiger partial charge in [-0.1, -0.05) is 70.7 Å².